The lowest BCUT2D eigenvalue weighted by Crippen LogP contribution is -2.17. The number of hydrogen-bond donors (Lipinski definition) is 0. The molecule has 0 N–H and O–H groups in total. The number of nitrogens with zero attached hydrogens (tertiary/aromatic N) is 1. The molecule has 0 saturated heterocycles. The fourth-order valence-electron chi connectivity index (χ4n) is 5.27. The van der Waals surface area contributed by atoms with E-state index in [0.717, 1.165) is 39.0 Å². The molecule has 1 aliphatic carbocycles. The van der Waals surface area contributed by atoms with Gasteiger partial charge in [0.1, 0.15) is 11.2 Å². The van der Waals surface area contributed by atoms with Crippen LogP contribution in [0.4, 0.5) is 11.4 Å². The monoisotopic (exact) mass is 415 g/mol. The van der Waals surface area contributed by atoms with Crippen molar-refractivity contribution < 1.29 is 4.42 Å². The number of anilines is 2. The second-order valence-corrected chi connectivity index (χ2v) is 9.25. The molecule has 0 spiro atoms. The largest absolute Gasteiger partial charge is 0.456 e. The van der Waals surface area contributed by atoms with Crippen LogP contribution in [0.1, 0.15) is 31.9 Å². The minimum absolute atomic E-state index is 0.0343. The molecule has 0 amide bonds. The topological polar surface area (TPSA) is 16.4 Å². The molecular formula is C30H25NO. The Balaban J connectivity index is 1.52. The summed E-state index contributed by atoms with van der Waals surface area (Å²) >= 11 is 0. The smallest absolute Gasteiger partial charge is 0.135 e. The van der Waals surface area contributed by atoms with Crippen molar-refractivity contribution in [1.29, 1.82) is 0 Å². The Labute approximate surface area is 188 Å². The molecule has 0 fully saturated rings. The van der Waals surface area contributed by atoms with Gasteiger partial charge in [0.25, 0.3) is 0 Å². The molecule has 156 valence electrons. The molecule has 0 radical (unpaired) electrons. The Kier molecular flexibility index (Phi) is 3.91. The highest BCUT2D eigenvalue weighted by molar-refractivity contribution is 6.06. The lowest BCUT2D eigenvalue weighted by atomic mass is 9.82. The Morgan fingerprint density at radius 2 is 1.38 bits per heavy atom. The summed E-state index contributed by atoms with van der Waals surface area (Å²) in [5, 5.41) is 2.26. The predicted octanol–water partition coefficient (Wildman–Crippen LogP) is 8.56. The van der Waals surface area contributed by atoms with Crippen molar-refractivity contribution in [3.05, 3.63) is 108 Å². The third kappa shape index (κ3) is 2.59. The van der Waals surface area contributed by atoms with Crippen molar-refractivity contribution in [2.24, 2.45) is 0 Å². The van der Waals surface area contributed by atoms with Crippen LogP contribution >= 0.6 is 0 Å². The van der Waals surface area contributed by atoms with E-state index in [1.807, 2.05) is 12.1 Å². The first-order valence-corrected chi connectivity index (χ1v) is 11.1. The van der Waals surface area contributed by atoms with Crippen molar-refractivity contribution in [2.45, 2.75) is 26.2 Å². The maximum Gasteiger partial charge on any atom is 0.135 e. The number of rotatable bonds is 3. The summed E-state index contributed by atoms with van der Waals surface area (Å²) in [5.74, 6) is 0. The van der Waals surface area contributed by atoms with Crippen LogP contribution in [0.25, 0.3) is 33.1 Å². The Hall–Kier alpha value is -3.78. The first-order valence-electron chi connectivity index (χ1n) is 11.1. The van der Waals surface area contributed by atoms with Crippen LogP contribution < -0.4 is 4.90 Å². The minimum Gasteiger partial charge on any atom is -0.456 e. The SMILES string of the molecule is C=C(C)N(c1ccc2c(c1)C(C)(C)c1ccccc1-2)c1ccc2oc3ccccc3c2c1. The van der Waals surface area contributed by atoms with Gasteiger partial charge in [-0.05, 0) is 65.6 Å². The minimum atomic E-state index is -0.0343. The first kappa shape index (κ1) is 18.9. The van der Waals surface area contributed by atoms with Crippen LogP contribution in [0.15, 0.2) is 102 Å². The van der Waals surface area contributed by atoms with Crippen LogP contribution in [-0.2, 0) is 5.41 Å². The van der Waals surface area contributed by atoms with Crippen LogP contribution in [0.5, 0.6) is 0 Å². The van der Waals surface area contributed by atoms with E-state index in [1.165, 1.54) is 22.3 Å². The summed E-state index contributed by atoms with van der Waals surface area (Å²) in [6, 6.07) is 30.2. The second kappa shape index (κ2) is 6.61. The first-order chi connectivity index (χ1) is 15.4. The van der Waals surface area contributed by atoms with Crippen molar-refractivity contribution >= 4 is 33.3 Å². The van der Waals surface area contributed by atoms with Gasteiger partial charge >= 0.3 is 0 Å². The van der Waals surface area contributed by atoms with E-state index in [1.54, 1.807) is 0 Å². The van der Waals surface area contributed by atoms with Crippen LogP contribution in [-0.4, -0.2) is 0 Å². The Bertz CT molecular complexity index is 1540. The summed E-state index contributed by atoms with van der Waals surface area (Å²) in [7, 11) is 0. The highest BCUT2D eigenvalue weighted by atomic mass is 16.3. The highest BCUT2D eigenvalue weighted by Crippen LogP contribution is 2.50. The number of para-hydroxylation sites is 1. The van der Waals surface area contributed by atoms with E-state index in [4.69, 9.17) is 4.42 Å². The van der Waals surface area contributed by atoms with Crippen LogP contribution in [0.3, 0.4) is 0 Å². The molecule has 4 aromatic carbocycles. The molecule has 6 rings (SSSR count). The number of benzene rings is 4. The van der Waals surface area contributed by atoms with Gasteiger partial charge in [0, 0.05) is 33.3 Å². The van der Waals surface area contributed by atoms with E-state index >= 15 is 0 Å². The van der Waals surface area contributed by atoms with Gasteiger partial charge in [-0.15, -0.1) is 0 Å². The van der Waals surface area contributed by atoms with Gasteiger partial charge in [-0.25, -0.2) is 0 Å². The van der Waals surface area contributed by atoms with Crippen LogP contribution in [0.2, 0.25) is 0 Å². The molecule has 0 unspecified atom stereocenters. The lowest BCUT2D eigenvalue weighted by Gasteiger charge is -2.28. The molecule has 0 saturated carbocycles. The molecule has 1 aromatic heterocycles. The maximum atomic E-state index is 6.04. The van der Waals surface area contributed by atoms with Gasteiger partial charge in [-0.3, -0.25) is 0 Å². The van der Waals surface area contributed by atoms with Gasteiger partial charge in [-0.1, -0.05) is 69.0 Å². The summed E-state index contributed by atoms with van der Waals surface area (Å²) in [6.07, 6.45) is 0. The Morgan fingerprint density at radius 3 is 2.22 bits per heavy atom. The van der Waals surface area contributed by atoms with Gasteiger partial charge in [0.05, 0.1) is 0 Å². The van der Waals surface area contributed by atoms with E-state index < -0.39 is 0 Å². The lowest BCUT2D eigenvalue weighted by molar-refractivity contribution is 0.660. The quantitative estimate of drug-likeness (QED) is 0.293. The third-order valence-corrected chi connectivity index (χ3v) is 6.83. The zero-order valence-corrected chi connectivity index (χ0v) is 18.6. The van der Waals surface area contributed by atoms with Gasteiger partial charge in [0.2, 0.25) is 0 Å². The average molecular weight is 416 g/mol. The fraction of sp³-hybridized carbons (Fsp3) is 0.133. The van der Waals surface area contributed by atoms with Gasteiger partial charge in [0.15, 0.2) is 0 Å². The summed E-state index contributed by atoms with van der Waals surface area (Å²) < 4.78 is 6.04. The third-order valence-electron chi connectivity index (χ3n) is 6.83. The van der Waals surface area contributed by atoms with Crippen molar-refractivity contribution in [3.8, 4) is 11.1 Å². The summed E-state index contributed by atoms with van der Waals surface area (Å²) in [4.78, 5) is 2.24. The second-order valence-electron chi connectivity index (χ2n) is 9.25. The fourth-order valence-corrected chi connectivity index (χ4v) is 5.27. The Morgan fingerprint density at radius 1 is 0.719 bits per heavy atom. The predicted molar refractivity (Wildman–Crippen MR) is 135 cm³/mol. The molecule has 2 heteroatoms. The van der Waals surface area contributed by atoms with Gasteiger partial charge in [-0.2, -0.15) is 0 Å². The standard InChI is InChI=1S/C30H25NO/c1-19(2)31(20-14-16-29-25(17-20)24-10-6-8-12-28(24)32-29)21-13-15-23-22-9-5-7-11-26(22)30(3,4)27(23)18-21/h5-18H,1H2,2-4H3. The molecule has 1 aliphatic rings. The van der Waals surface area contributed by atoms with Crippen molar-refractivity contribution in [3.63, 3.8) is 0 Å². The molecule has 5 aromatic rings. The maximum absolute atomic E-state index is 6.04. The molecule has 0 bridgehead atoms. The van der Waals surface area contributed by atoms with Crippen molar-refractivity contribution in [1.82, 2.24) is 0 Å². The number of allylic oxidation sites excluding steroid dienone is 1. The zero-order valence-electron chi connectivity index (χ0n) is 18.6. The highest BCUT2D eigenvalue weighted by Gasteiger charge is 2.35. The average Bonchev–Trinajstić information content (AvgIpc) is 3.27. The molecular weight excluding hydrogens is 390 g/mol. The molecule has 0 aliphatic heterocycles. The van der Waals surface area contributed by atoms with Gasteiger partial charge < -0.3 is 9.32 Å². The number of fused-ring (bicyclic) bond motifs is 6. The van der Waals surface area contributed by atoms with Crippen LogP contribution in [0, 0.1) is 0 Å². The number of hydrogen-bond acceptors (Lipinski definition) is 2. The number of furan rings is 1. The molecule has 32 heavy (non-hydrogen) atoms. The summed E-state index contributed by atoms with van der Waals surface area (Å²) in [6.45, 7) is 11.0. The van der Waals surface area contributed by atoms with E-state index in [9.17, 15) is 0 Å². The zero-order chi connectivity index (χ0) is 22.0. The molecule has 1 heterocycles. The molecule has 2 nitrogen and oxygen atoms in total. The van der Waals surface area contributed by atoms with E-state index in [2.05, 4.69) is 105 Å². The molecule has 0 atom stereocenters. The van der Waals surface area contributed by atoms with E-state index in [-0.39, 0.29) is 5.41 Å². The summed E-state index contributed by atoms with van der Waals surface area (Å²) in [5.41, 5.74) is 10.4. The van der Waals surface area contributed by atoms with Crippen molar-refractivity contribution in [2.75, 3.05) is 4.90 Å². The van der Waals surface area contributed by atoms with E-state index in [0.29, 0.717) is 0 Å². The normalized spacial score (nSPS) is 13.8.